The number of alkyl halides is 3. The SMILES string of the molecule is Cc1ccc(S(=O)(=O)NC(=O)c2ncn(CC(F)(F)F)c2Cl)cc1. The number of sulfonamides is 1. The van der Waals surface area contributed by atoms with Crippen LogP contribution in [0.25, 0.3) is 0 Å². The Morgan fingerprint density at radius 1 is 1.29 bits per heavy atom. The number of aryl methyl sites for hydroxylation is 1. The van der Waals surface area contributed by atoms with Gasteiger partial charge in [0.2, 0.25) is 0 Å². The summed E-state index contributed by atoms with van der Waals surface area (Å²) in [4.78, 5) is 15.2. The van der Waals surface area contributed by atoms with Crippen LogP contribution < -0.4 is 4.72 Å². The summed E-state index contributed by atoms with van der Waals surface area (Å²) in [7, 11) is -4.20. The van der Waals surface area contributed by atoms with E-state index < -0.39 is 39.5 Å². The first-order valence-electron chi connectivity index (χ1n) is 6.41. The van der Waals surface area contributed by atoms with Crippen molar-refractivity contribution in [2.45, 2.75) is 24.5 Å². The van der Waals surface area contributed by atoms with E-state index >= 15 is 0 Å². The van der Waals surface area contributed by atoms with E-state index in [1.54, 1.807) is 11.6 Å². The van der Waals surface area contributed by atoms with Gasteiger partial charge in [0.25, 0.3) is 15.9 Å². The molecule has 130 valence electrons. The molecule has 6 nitrogen and oxygen atoms in total. The second kappa shape index (κ2) is 6.44. The highest BCUT2D eigenvalue weighted by molar-refractivity contribution is 7.90. The number of carbonyl (C=O) groups excluding carboxylic acids is 1. The van der Waals surface area contributed by atoms with E-state index in [9.17, 15) is 26.4 Å². The van der Waals surface area contributed by atoms with Gasteiger partial charge in [-0.15, -0.1) is 0 Å². The first kappa shape index (κ1) is 18.3. The molecule has 1 heterocycles. The molecule has 11 heteroatoms. The van der Waals surface area contributed by atoms with Crippen LogP contribution in [0.4, 0.5) is 13.2 Å². The number of amides is 1. The van der Waals surface area contributed by atoms with Crippen LogP contribution in [0.5, 0.6) is 0 Å². The summed E-state index contributed by atoms with van der Waals surface area (Å²) < 4.78 is 63.4. The van der Waals surface area contributed by atoms with Gasteiger partial charge >= 0.3 is 6.18 Å². The molecule has 0 unspecified atom stereocenters. The average Bonchev–Trinajstić information content (AvgIpc) is 2.78. The molecular formula is C13H11ClF3N3O3S. The van der Waals surface area contributed by atoms with Crippen LogP contribution in [0.3, 0.4) is 0 Å². The van der Waals surface area contributed by atoms with Crippen molar-refractivity contribution < 1.29 is 26.4 Å². The fourth-order valence-electron chi connectivity index (χ4n) is 1.77. The van der Waals surface area contributed by atoms with Crippen molar-refractivity contribution in [3.63, 3.8) is 0 Å². The van der Waals surface area contributed by atoms with Crippen LogP contribution in [-0.2, 0) is 16.6 Å². The molecule has 0 spiro atoms. The molecule has 2 rings (SSSR count). The molecule has 0 atom stereocenters. The molecule has 1 amide bonds. The molecule has 0 aliphatic rings. The minimum absolute atomic E-state index is 0.174. The number of imidazole rings is 1. The molecule has 1 aromatic carbocycles. The van der Waals surface area contributed by atoms with Crippen molar-refractivity contribution >= 4 is 27.5 Å². The molecule has 0 saturated carbocycles. The average molecular weight is 382 g/mol. The third-order valence-corrected chi connectivity index (χ3v) is 4.64. The number of carbonyl (C=O) groups is 1. The van der Waals surface area contributed by atoms with Gasteiger partial charge in [0.15, 0.2) is 5.69 Å². The van der Waals surface area contributed by atoms with E-state index in [1.807, 2.05) is 0 Å². The summed E-state index contributed by atoms with van der Waals surface area (Å²) in [6, 6.07) is 5.64. The van der Waals surface area contributed by atoms with E-state index in [0.717, 1.165) is 5.56 Å². The molecule has 0 aliphatic carbocycles. The summed E-state index contributed by atoms with van der Waals surface area (Å²) in [5.74, 6) is -1.22. The first-order chi connectivity index (χ1) is 11.0. The van der Waals surface area contributed by atoms with Gasteiger partial charge in [0.1, 0.15) is 11.7 Å². The second-order valence-corrected chi connectivity index (χ2v) is 6.92. The monoisotopic (exact) mass is 381 g/mol. The van der Waals surface area contributed by atoms with Crippen LogP contribution >= 0.6 is 11.6 Å². The van der Waals surface area contributed by atoms with Gasteiger partial charge in [-0.3, -0.25) is 4.79 Å². The lowest BCUT2D eigenvalue weighted by Gasteiger charge is -2.08. The topological polar surface area (TPSA) is 81.1 Å². The van der Waals surface area contributed by atoms with Gasteiger partial charge in [-0.1, -0.05) is 29.3 Å². The van der Waals surface area contributed by atoms with Crippen LogP contribution in [0.15, 0.2) is 35.5 Å². The maximum atomic E-state index is 12.4. The minimum Gasteiger partial charge on any atom is -0.312 e. The number of nitrogens with one attached hydrogen (secondary N) is 1. The molecule has 0 aliphatic heterocycles. The van der Waals surface area contributed by atoms with Gasteiger partial charge < -0.3 is 4.57 Å². The van der Waals surface area contributed by atoms with E-state index in [0.29, 0.717) is 10.9 Å². The molecule has 0 bridgehead atoms. The highest BCUT2D eigenvalue weighted by atomic mass is 35.5. The number of hydrogen-bond donors (Lipinski definition) is 1. The normalized spacial score (nSPS) is 12.2. The van der Waals surface area contributed by atoms with E-state index in [2.05, 4.69) is 4.98 Å². The molecular weight excluding hydrogens is 371 g/mol. The Balaban J connectivity index is 2.22. The molecule has 1 N–H and O–H groups in total. The van der Waals surface area contributed by atoms with Crippen molar-refractivity contribution in [1.82, 2.24) is 14.3 Å². The zero-order valence-corrected chi connectivity index (χ0v) is 13.7. The molecule has 24 heavy (non-hydrogen) atoms. The standard InChI is InChI=1S/C13H11ClF3N3O3S/c1-8-2-4-9(5-3-8)24(22,23)19-12(21)10-11(14)20(7-18-10)6-13(15,16)17/h2-5,7H,6H2,1H3,(H,19,21). The zero-order valence-electron chi connectivity index (χ0n) is 12.1. The molecule has 0 saturated heterocycles. The Morgan fingerprint density at radius 2 is 1.88 bits per heavy atom. The van der Waals surface area contributed by atoms with Crippen molar-refractivity contribution in [2.24, 2.45) is 0 Å². The Morgan fingerprint density at radius 3 is 2.42 bits per heavy atom. The lowest BCUT2D eigenvalue weighted by molar-refractivity contribution is -0.140. The van der Waals surface area contributed by atoms with Crippen LogP contribution in [0, 0.1) is 6.92 Å². The predicted molar refractivity (Wildman–Crippen MR) is 79.1 cm³/mol. The second-order valence-electron chi connectivity index (χ2n) is 4.87. The molecule has 0 radical (unpaired) electrons. The lowest BCUT2D eigenvalue weighted by Crippen LogP contribution is -2.31. The number of halogens is 4. The van der Waals surface area contributed by atoms with Gasteiger partial charge in [-0.2, -0.15) is 13.2 Å². The quantitative estimate of drug-likeness (QED) is 0.882. The summed E-state index contributed by atoms with van der Waals surface area (Å²) >= 11 is 5.67. The number of benzene rings is 1. The summed E-state index contributed by atoms with van der Waals surface area (Å²) in [5.41, 5.74) is 0.200. The maximum Gasteiger partial charge on any atom is 0.406 e. The highest BCUT2D eigenvalue weighted by Crippen LogP contribution is 2.23. The molecule has 0 fully saturated rings. The van der Waals surface area contributed by atoms with Crippen molar-refractivity contribution in [1.29, 1.82) is 0 Å². The van der Waals surface area contributed by atoms with E-state index in [1.165, 1.54) is 24.3 Å². The fourth-order valence-corrected chi connectivity index (χ4v) is 2.96. The third-order valence-electron chi connectivity index (χ3n) is 2.90. The Kier molecular flexibility index (Phi) is 4.90. The Bertz CT molecular complexity index is 861. The van der Waals surface area contributed by atoms with E-state index in [4.69, 9.17) is 11.6 Å². The van der Waals surface area contributed by atoms with Gasteiger partial charge in [-0.05, 0) is 19.1 Å². The maximum absolute atomic E-state index is 12.4. The van der Waals surface area contributed by atoms with Gasteiger partial charge in [0, 0.05) is 0 Å². The molecule has 2 aromatic rings. The van der Waals surface area contributed by atoms with Gasteiger partial charge in [0.05, 0.1) is 11.2 Å². The lowest BCUT2D eigenvalue weighted by atomic mass is 10.2. The number of aromatic nitrogens is 2. The fraction of sp³-hybridized carbons (Fsp3) is 0.231. The highest BCUT2D eigenvalue weighted by Gasteiger charge is 2.31. The predicted octanol–water partition coefficient (Wildman–Crippen LogP) is 2.53. The summed E-state index contributed by atoms with van der Waals surface area (Å²) in [5, 5.41) is -0.607. The summed E-state index contributed by atoms with van der Waals surface area (Å²) in [6.07, 6.45) is -3.85. The Hall–Kier alpha value is -2.07. The number of rotatable bonds is 4. The smallest absolute Gasteiger partial charge is 0.312 e. The van der Waals surface area contributed by atoms with Crippen LogP contribution in [0.2, 0.25) is 5.15 Å². The summed E-state index contributed by atoms with van der Waals surface area (Å²) in [6.45, 7) is 0.304. The van der Waals surface area contributed by atoms with Crippen molar-refractivity contribution in [3.8, 4) is 0 Å². The van der Waals surface area contributed by atoms with Crippen LogP contribution in [-0.4, -0.2) is 30.1 Å². The Labute approximate surface area is 140 Å². The first-order valence-corrected chi connectivity index (χ1v) is 8.27. The minimum atomic E-state index is -4.56. The van der Waals surface area contributed by atoms with Crippen molar-refractivity contribution in [3.05, 3.63) is 47.0 Å². The zero-order chi connectivity index (χ0) is 18.1. The largest absolute Gasteiger partial charge is 0.406 e. The van der Waals surface area contributed by atoms with Crippen molar-refractivity contribution in [2.75, 3.05) is 0 Å². The van der Waals surface area contributed by atoms with Gasteiger partial charge in [-0.25, -0.2) is 18.1 Å². The van der Waals surface area contributed by atoms with Crippen LogP contribution in [0.1, 0.15) is 16.1 Å². The number of hydrogen-bond acceptors (Lipinski definition) is 4. The molecule has 1 aromatic heterocycles. The third kappa shape index (κ3) is 4.26. The number of nitrogens with zero attached hydrogens (tertiary/aromatic N) is 2. The van der Waals surface area contributed by atoms with E-state index in [-0.39, 0.29) is 4.90 Å².